The van der Waals surface area contributed by atoms with E-state index in [-0.39, 0.29) is 11.7 Å². The number of hydrogen-bond donors (Lipinski definition) is 0. The molecule has 1 aliphatic rings. The number of carbonyl (C=O) groups is 1. The molecule has 2 rings (SSSR count). The van der Waals surface area contributed by atoms with Gasteiger partial charge in [0.25, 0.3) is 0 Å². The average Bonchev–Trinajstić information content (AvgIpc) is 2.80. The highest BCUT2D eigenvalue weighted by molar-refractivity contribution is 7.88. The predicted molar refractivity (Wildman–Crippen MR) is 91.4 cm³/mol. The number of hydrogen-bond acceptors (Lipinski definition) is 3. The van der Waals surface area contributed by atoms with Crippen molar-refractivity contribution in [1.82, 2.24) is 9.21 Å². The van der Waals surface area contributed by atoms with Gasteiger partial charge in [0.15, 0.2) is 0 Å². The van der Waals surface area contributed by atoms with Gasteiger partial charge in [0, 0.05) is 32.6 Å². The minimum Gasteiger partial charge on any atom is -0.341 e. The van der Waals surface area contributed by atoms with Gasteiger partial charge in [0.1, 0.15) is 0 Å². The molecule has 0 aromatic heterocycles. The molecule has 128 valence electrons. The molecule has 1 aromatic carbocycles. The second-order valence-corrected chi connectivity index (χ2v) is 7.95. The summed E-state index contributed by atoms with van der Waals surface area (Å²) >= 11 is 0. The van der Waals surface area contributed by atoms with Crippen LogP contribution < -0.4 is 0 Å². The highest BCUT2D eigenvalue weighted by Crippen LogP contribution is 2.14. The van der Waals surface area contributed by atoms with Crippen molar-refractivity contribution in [3.63, 3.8) is 0 Å². The zero-order valence-corrected chi connectivity index (χ0v) is 14.6. The fourth-order valence-electron chi connectivity index (χ4n) is 2.78. The Morgan fingerprint density at radius 3 is 2.52 bits per heavy atom. The monoisotopic (exact) mass is 338 g/mol. The lowest BCUT2D eigenvalue weighted by molar-refractivity contribution is -0.131. The van der Waals surface area contributed by atoms with Crippen LogP contribution >= 0.6 is 0 Å². The van der Waals surface area contributed by atoms with Crippen LogP contribution in [0.25, 0.3) is 0 Å². The molecule has 1 heterocycles. The lowest BCUT2D eigenvalue weighted by Crippen LogP contribution is -2.37. The first kappa shape index (κ1) is 17.9. The van der Waals surface area contributed by atoms with Crippen LogP contribution in [-0.4, -0.2) is 49.7 Å². The Bertz CT molecular complexity index is 602. The molecule has 0 radical (unpaired) electrons. The third-order valence-electron chi connectivity index (χ3n) is 4.14. The second kappa shape index (κ2) is 8.45. The molecule has 0 spiro atoms. The predicted octanol–water partition coefficient (Wildman–Crippen LogP) is 2.24. The van der Waals surface area contributed by atoms with E-state index >= 15 is 0 Å². The summed E-state index contributed by atoms with van der Waals surface area (Å²) in [6, 6.07) is 9.23. The molecule has 1 aromatic rings. The van der Waals surface area contributed by atoms with Crippen LogP contribution in [0.15, 0.2) is 30.3 Å². The first-order valence-electron chi connectivity index (χ1n) is 8.32. The topological polar surface area (TPSA) is 57.7 Å². The summed E-state index contributed by atoms with van der Waals surface area (Å²) in [5.74, 6) is 0.173. The van der Waals surface area contributed by atoms with Crippen LogP contribution in [0.1, 0.15) is 38.2 Å². The van der Waals surface area contributed by atoms with Crippen molar-refractivity contribution in [2.24, 2.45) is 0 Å². The highest BCUT2D eigenvalue weighted by Gasteiger charge is 2.26. The highest BCUT2D eigenvalue weighted by atomic mass is 32.2. The SMILES string of the molecule is CCCCC(=O)N1CCCN(S(=O)(=O)Cc2ccccc2)CC1. The van der Waals surface area contributed by atoms with Crippen LogP contribution in [0, 0.1) is 0 Å². The van der Waals surface area contributed by atoms with Crippen molar-refractivity contribution in [1.29, 1.82) is 0 Å². The van der Waals surface area contributed by atoms with Gasteiger partial charge in [-0.25, -0.2) is 8.42 Å². The molecular formula is C17H26N2O3S. The fraction of sp³-hybridized carbons (Fsp3) is 0.588. The Morgan fingerprint density at radius 2 is 1.83 bits per heavy atom. The van der Waals surface area contributed by atoms with Gasteiger partial charge in [-0.05, 0) is 18.4 Å². The maximum absolute atomic E-state index is 12.6. The van der Waals surface area contributed by atoms with Gasteiger partial charge in [-0.3, -0.25) is 4.79 Å². The summed E-state index contributed by atoms with van der Waals surface area (Å²) in [6.07, 6.45) is 3.15. The van der Waals surface area contributed by atoms with Crippen LogP contribution in [0.2, 0.25) is 0 Å². The minimum atomic E-state index is -3.33. The van der Waals surface area contributed by atoms with E-state index in [9.17, 15) is 13.2 Å². The third kappa shape index (κ3) is 5.32. The second-order valence-electron chi connectivity index (χ2n) is 5.98. The zero-order valence-electron chi connectivity index (χ0n) is 13.8. The normalized spacial score (nSPS) is 17.0. The fourth-order valence-corrected chi connectivity index (χ4v) is 4.35. The summed E-state index contributed by atoms with van der Waals surface area (Å²) in [4.78, 5) is 13.9. The van der Waals surface area contributed by atoms with E-state index in [1.54, 1.807) is 0 Å². The number of benzene rings is 1. The van der Waals surface area contributed by atoms with E-state index in [1.807, 2.05) is 35.2 Å². The Labute approximate surface area is 139 Å². The molecular weight excluding hydrogens is 312 g/mol. The number of rotatable bonds is 6. The van der Waals surface area contributed by atoms with Gasteiger partial charge in [-0.15, -0.1) is 0 Å². The number of carbonyl (C=O) groups excluding carboxylic acids is 1. The number of sulfonamides is 1. The standard InChI is InChI=1S/C17H26N2O3S/c1-2-3-10-17(20)18-11-7-12-19(14-13-18)23(21,22)15-16-8-5-4-6-9-16/h4-6,8-9H,2-3,7,10-15H2,1H3. The summed E-state index contributed by atoms with van der Waals surface area (Å²) in [5.41, 5.74) is 0.799. The van der Waals surface area contributed by atoms with Crippen molar-refractivity contribution in [2.75, 3.05) is 26.2 Å². The molecule has 0 N–H and O–H groups in total. The van der Waals surface area contributed by atoms with Crippen molar-refractivity contribution in [2.45, 2.75) is 38.4 Å². The van der Waals surface area contributed by atoms with Crippen LogP contribution in [0.3, 0.4) is 0 Å². The molecule has 6 heteroatoms. The van der Waals surface area contributed by atoms with E-state index in [0.717, 1.165) is 18.4 Å². The van der Waals surface area contributed by atoms with E-state index < -0.39 is 10.0 Å². The molecule has 0 saturated carbocycles. The maximum Gasteiger partial charge on any atom is 0.222 e. The van der Waals surface area contributed by atoms with Crippen LogP contribution in [0.5, 0.6) is 0 Å². The molecule has 0 aliphatic carbocycles. The Kier molecular flexibility index (Phi) is 6.59. The Balaban J connectivity index is 1.95. The van der Waals surface area contributed by atoms with E-state index in [1.165, 1.54) is 4.31 Å². The van der Waals surface area contributed by atoms with E-state index in [2.05, 4.69) is 6.92 Å². The molecule has 0 bridgehead atoms. The average molecular weight is 338 g/mol. The summed E-state index contributed by atoms with van der Waals surface area (Å²) < 4.78 is 26.7. The van der Waals surface area contributed by atoms with Gasteiger partial charge in [0.05, 0.1) is 5.75 Å². The maximum atomic E-state index is 12.6. The Morgan fingerprint density at radius 1 is 1.09 bits per heavy atom. The lowest BCUT2D eigenvalue weighted by Gasteiger charge is -2.22. The van der Waals surface area contributed by atoms with Crippen molar-refractivity contribution < 1.29 is 13.2 Å². The summed E-state index contributed by atoms with van der Waals surface area (Å²) in [6.45, 7) is 4.10. The van der Waals surface area contributed by atoms with Crippen molar-refractivity contribution in [3.05, 3.63) is 35.9 Å². The zero-order chi connectivity index (χ0) is 16.7. The molecule has 0 unspecified atom stereocenters. The summed E-state index contributed by atoms with van der Waals surface area (Å²) in [5, 5.41) is 0. The Hall–Kier alpha value is -1.40. The smallest absolute Gasteiger partial charge is 0.222 e. The van der Waals surface area contributed by atoms with Gasteiger partial charge in [-0.1, -0.05) is 43.7 Å². The lowest BCUT2D eigenvalue weighted by atomic mass is 10.2. The van der Waals surface area contributed by atoms with Crippen LogP contribution in [-0.2, 0) is 20.6 Å². The third-order valence-corrected chi connectivity index (χ3v) is 5.99. The van der Waals surface area contributed by atoms with Gasteiger partial charge >= 0.3 is 0 Å². The van der Waals surface area contributed by atoms with Gasteiger partial charge in [-0.2, -0.15) is 4.31 Å². The number of nitrogens with zero attached hydrogens (tertiary/aromatic N) is 2. The summed E-state index contributed by atoms with van der Waals surface area (Å²) in [7, 11) is -3.33. The molecule has 0 atom stereocenters. The quantitative estimate of drug-likeness (QED) is 0.799. The van der Waals surface area contributed by atoms with E-state index in [4.69, 9.17) is 0 Å². The largest absolute Gasteiger partial charge is 0.341 e. The molecule has 1 saturated heterocycles. The molecule has 1 aliphatic heterocycles. The molecule has 5 nitrogen and oxygen atoms in total. The first-order valence-corrected chi connectivity index (χ1v) is 9.93. The first-order chi connectivity index (χ1) is 11.0. The molecule has 1 fully saturated rings. The molecule has 1 amide bonds. The van der Waals surface area contributed by atoms with Crippen molar-refractivity contribution >= 4 is 15.9 Å². The van der Waals surface area contributed by atoms with Crippen molar-refractivity contribution in [3.8, 4) is 0 Å². The van der Waals surface area contributed by atoms with Gasteiger partial charge in [0.2, 0.25) is 15.9 Å². The van der Waals surface area contributed by atoms with Crippen LogP contribution in [0.4, 0.5) is 0 Å². The van der Waals surface area contributed by atoms with Gasteiger partial charge < -0.3 is 4.90 Å². The van der Waals surface area contributed by atoms with E-state index in [0.29, 0.717) is 39.0 Å². The minimum absolute atomic E-state index is 0.0254. The molecule has 23 heavy (non-hydrogen) atoms. The number of amides is 1. The number of unbranched alkanes of at least 4 members (excludes halogenated alkanes) is 1.